The molecule has 1 unspecified atom stereocenters. The highest BCUT2D eigenvalue weighted by atomic mass is 15.0. The third-order valence-electron chi connectivity index (χ3n) is 3.80. The van der Waals surface area contributed by atoms with Gasteiger partial charge >= 0.3 is 0 Å². The molecule has 0 radical (unpaired) electrons. The van der Waals surface area contributed by atoms with Crippen LogP contribution < -0.4 is 11.1 Å². The Morgan fingerprint density at radius 2 is 1.82 bits per heavy atom. The van der Waals surface area contributed by atoms with Crippen molar-refractivity contribution in [1.82, 2.24) is 5.32 Å². The molecular formula is C15H24N2. The molecule has 2 rings (SSSR count). The van der Waals surface area contributed by atoms with Gasteiger partial charge in [0.1, 0.15) is 0 Å². The molecule has 1 fully saturated rings. The fourth-order valence-electron chi connectivity index (χ4n) is 2.58. The molecule has 1 aromatic rings. The summed E-state index contributed by atoms with van der Waals surface area (Å²) in [4.78, 5) is 0. The minimum atomic E-state index is -0.265. The van der Waals surface area contributed by atoms with Gasteiger partial charge in [-0.3, -0.25) is 0 Å². The van der Waals surface area contributed by atoms with Crippen LogP contribution in [0.25, 0.3) is 0 Å². The van der Waals surface area contributed by atoms with Gasteiger partial charge in [0.15, 0.2) is 0 Å². The molecule has 2 nitrogen and oxygen atoms in total. The molecule has 1 aromatic carbocycles. The Morgan fingerprint density at radius 3 is 2.47 bits per heavy atom. The predicted octanol–water partition coefficient (Wildman–Crippen LogP) is 2.78. The third kappa shape index (κ3) is 3.55. The molecule has 1 aliphatic carbocycles. The highest BCUT2D eigenvalue weighted by molar-refractivity contribution is 5.23. The Bertz CT molecular complexity index is 326. The molecule has 0 saturated heterocycles. The Hall–Kier alpha value is -0.860. The van der Waals surface area contributed by atoms with Crippen molar-refractivity contribution >= 4 is 0 Å². The highest BCUT2D eigenvalue weighted by Gasteiger charge is 2.22. The number of nitrogens with two attached hydrogens (primary N) is 1. The summed E-state index contributed by atoms with van der Waals surface area (Å²) < 4.78 is 0. The van der Waals surface area contributed by atoms with Gasteiger partial charge in [0, 0.05) is 12.6 Å². The molecule has 0 heterocycles. The van der Waals surface area contributed by atoms with Crippen LogP contribution in [0.3, 0.4) is 0 Å². The van der Waals surface area contributed by atoms with Gasteiger partial charge < -0.3 is 11.1 Å². The summed E-state index contributed by atoms with van der Waals surface area (Å²) in [5.41, 5.74) is 7.34. The van der Waals surface area contributed by atoms with Crippen LogP contribution in [0.1, 0.15) is 44.6 Å². The lowest BCUT2D eigenvalue weighted by molar-refractivity contribution is 0.335. The summed E-state index contributed by atoms with van der Waals surface area (Å²) in [7, 11) is 0. The zero-order valence-electron chi connectivity index (χ0n) is 10.8. The number of nitrogens with one attached hydrogen (secondary N) is 1. The molecule has 2 heteroatoms. The molecule has 0 amide bonds. The number of hydrogen-bond acceptors (Lipinski definition) is 2. The molecule has 0 aliphatic heterocycles. The molecule has 1 atom stereocenters. The zero-order valence-corrected chi connectivity index (χ0v) is 10.8. The van der Waals surface area contributed by atoms with E-state index in [1.54, 1.807) is 0 Å². The van der Waals surface area contributed by atoms with E-state index in [-0.39, 0.29) is 5.54 Å². The van der Waals surface area contributed by atoms with Gasteiger partial charge in [0.05, 0.1) is 5.54 Å². The molecule has 0 aromatic heterocycles. The zero-order chi connectivity index (χ0) is 12.1. The average molecular weight is 232 g/mol. The van der Waals surface area contributed by atoms with Gasteiger partial charge in [0.2, 0.25) is 0 Å². The van der Waals surface area contributed by atoms with Crippen molar-refractivity contribution in [3.8, 4) is 0 Å². The van der Waals surface area contributed by atoms with E-state index < -0.39 is 0 Å². The van der Waals surface area contributed by atoms with Crippen LogP contribution in [0.5, 0.6) is 0 Å². The molecule has 17 heavy (non-hydrogen) atoms. The minimum absolute atomic E-state index is 0.265. The SMILES string of the molecule is CC(N)(CNC1CCCCC1)c1ccccc1. The fraction of sp³-hybridized carbons (Fsp3) is 0.600. The monoisotopic (exact) mass is 232 g/mol. The van der Waals surface area contributed by atoms with Crippen molar-refractivity contribution in [2.24, 2.45) is 5.73 Å². The first kappa shape index (κ1) is 12.6. The largest absolute Gasteiger partial charge is 0.321 e. The van der Waals surface area contributed by atoms with Crippen LogP contribution in [0, 0.1) is 0 Å². The second-order valence-corrected chi connectivity index (χ2v) is 5.50. The van der Waals surface area contributed by atoms with E-state index in [1.165, 1.54) is 37.7 Å². The van der Waals surface area contributed by atoms with Crippen molar-refractivity contribution in [2.45, 2.75) is 50.6 Å². The first-order valence-electron chi connectivity index (χ1n) is 6.76. The Labute approximate surface area is 105 Å². The van der Waals surface area contributed by atoms with Gasteiger partial charge in [0.25, 0.3) is 0 Å². The van der Waals surface area contributed by atoms with Crippen LogP contribution in [0.15, 0.2) is 30.3 Å². The first-order valence-corrected chi connectivity index (χ1v) is 6.76. The lowest BCUT2D eigenvalue weighted by Crippen LogP contribution is -2.47. The number of benzene rings is 1. The summed E-state index contributed by atoms with van der Waals surface area (Å²) in [6.45, 7) is 2.97. The van der Waals surface area contributed by atoms with Crippen molar-refractivity contribution in [1.29, 1.82) is 0 Å². The van der Waals surface area contributed by atoms with E-state index in [2.05, 4.69) is 36.5 Å². The molecule has 1 saturated carbocycles. The molecule has 3 N–H and O–H groups in total. The molecular weight excluding hydrogens is 208 g/mol. The first-order chi connectivity index (χ1) is 8.18. The summed E-state index contributed by atoms with van der Waals surface area (Å²) in [6, 6.07) is 11.1. The van der Waals surface area contributed by atoms with E-state index >= 15 is 0 Å². The average Bonchev–Trinajstić information content (AvgIpc) is 2.39. The predicted molar refractivity (Wildman–Crippen MR) is 72.9 cm³/mol. The maximum absolute atomic E-state index is 6.39. The van der Waals surface area contributed by atoms with Gasteiger partial charge in [-0.1, -0.05) is 49.6 Å². The van der Waals surface area contributed by atoms with Crippen LogP contribution in [-0.4, -0.2) is 12.6 Å². The molecule has 0 spiro atoms. The van der Waals surface area contributed by atoms with E-state index in [0.29, 0.717) is 6.04 Å². The van der Waals surface area contributed by atoms with Crippen LogP contribution in [0.2, 0.25) is 0 Å². The number of hydrogen-bond donors (Lipinski definition) is 2. The summed E-state index contributed by atoms with van der Waals surface area (Å²) in [5, 5.41) is 3.64. The van der Waals surface area contributed by atoms with Crippen molar-refractivity contribution in [3.05, 3.63) is 35.9 Å². The van der Waals surface area contributed by atoms with Crippen LogP contribution in [-0.2, 0) is 5.54 Å². The third-order valence-corrected chi connectivity index (χ3v) is 3.80. The van der Waals surface area contributed by atoms with Crippen molar-refractivity contribution in [3.63, 3.8) is 0 Å². The van der Waals surface area contributed by atoms with Gasteiger partial charge in [-0.2, -0.15) is 0 Å². The highest BCUT2D eigenvalue weighted by Crippen LogP contribution is 2.20. The second kappa shape index (κ2) is 5.65. The minimum Gasteiger partial charge on any atom is -0.321 e. The van der Waals surface area contributed by atoms with E-state index in [0.717, 1.165) is 6.54 Å². The maximum Gasteiger partial charge on any atom is 0.0507 e. The molecule has 94 valence electrons. The number of rotatable bonds is 4. The Morgan fingerprint density at radius 1 is 1.18 bits per heavy atom. The Balaban J connectivity index is 1.88. The summed E-state index contributed by atoms with van der Waals surface area (Å²) >= 11 is 0. The van der Waals surface area contributed by atoms with Gasteiger partial charge in [-0.25, -0.2) is 0 Å². The molecule has 0 bridgehead atoms. The van der Waals surface area contributed by atoms with E-state index in [1.807, 2.05) is 6.07 Å². The summed E-state index contributed by atoms with van der Waals surface area (Å²) in [6.07, 6.45) is 6.75. The van der Waals surface area contributed by atoms with Crippen LogP contribution in [0.4, 0.5) is 0 Å². The smallest absolute Gasteiger partial charge is 0.0507 e. The van der Waals surface area contributed by atoms with Gasteiger partial charge in [-0.15, -0.1) is 0 Å². The Kier molecular flexibility index (Phi) is 4.19. The van der Waals surface area contributed by atoms with Crippen molar-refractivity contribution < 1.29 is 0 Å². The standard InChI is InChI=1S/C15H24N2/c1-15(16,13-8-4-2-5-9-13)12-17-14-10-6-3-7-11-14/h2,4-5,8-9,14,17H,3,6-7,10-12,16H2,1H3. The quantitative estimate of drug-likeness (QED) is 0.837. The van der Waals surface area contributed by atoms with E-state index in [9.17, 15) is 0 Å². The maximum atomic E-state index is 6.39. The normalized spacial score (nSPS) is 21.1. The molecule has 1 aliphatic rings. The van der Waals surface area contributed by atoms with Gasteiger partial charge in [-0.05, 0) is 25.3 Å². The van der Waals surface area contributed by atoms with Crippen molar-refractivity contribution in [2.75, 3.05) is 6.54 Å². The second-order valence-electron chi connectivity index (χ2n) is 5.50. The summed E-state index contributed by atoms with van der Waals surface area (Å²) in [5.74, 6) is 0. The van der Waals surface area contributed by atoms with E-state index in [4.69, 9.17) is 5.73 Å². The topological polar surface area (TPSA) is 38.0 Å². The van der Waals surface area contributed by atoms with Crippen LogP contribution >= 0.6 is 0 Å². The lowest BCUT2D eigenvalue weighted by Gasteiger charge is -2.30. The fourth-order valence-corrected chi connectivity index (χ4v) is 2.58. The lowest BCUT2D eigenvalue weighted by atomic mass is 9.91.